The predicted molar refractivity (Wildman–Crippen MR) is 151 cm³/mol. The third kappa shape index (κ3) is 4.96. The number of rotatable bonds is 9. The monoisotopic (exact) mass is 548 g/mol. The molecule has 1 N–H and O–H groups in total. The maximum Gasteiger partial charge on any atom is 0.261 e. The number of nitrogens with zero attached hydrogens (tertiary/aromatic N) is 5. The van der Waals surface area contributed by atoms with E-state index in [1.54, 1.807) is 18.3 Å². The third-order valence-electron chi connectivity index (χ3n) is 6.65. The second kappa shape index (κ2) is 11.1. The van der Waals surface area contributed by atoms with Gasteiger partial charge in [-0.2, -0.15) is 0 Å². The number of hydrogen-bond donors (Lipinski definition) is 1. The van der Waals surface area contributed by atoms with E-state index in [1.807, 2.05) is 77.4 Å². The van der Waals surface area contributed by atoms with Crippen LogP contribution in [0.2, 0.25) is 0 Å². The molecule has 0 saturated carbocycles. The highest BCUT2D eigenvalue weighted by Crippen LogP contribution is 2.30. The van der Waals surface area contributed by atoms with Crippen LogP contribution in [-0.2, 0) is 17.8 Å². The number of aromatic nitrogens is 4. The highest BCUT2D eigenvalue weighted by molar-refractivity contribution is 7.99. The SMILES string of the molecule is O=C(CSc1nnc(CCN2C(=O)c3cccc4cccc(c34)C2=O)n1-c1ccccc1)NCc1ccccn1. The van der Waals surface area contributed by atoms with Gasteiger partial charge in [-0.15, -0.1) is 10.2 Å². The molecule has 3 amide bonds. The maximum absolute atomic E-state index is 13.3. The summed E-state index contributed by atoms with van der Waals surface area (Å²) in [6.45, 7) is 0.480. The molecule has 1 aliphatic rings. The van der Waals surface area contributed by atoms with Gasteiger partial charge in [-0.05, 0) is 41.8 Å². The average Bonchev–Trinajstić information content (AvgIpc) is 3.41. The fourth-order valence-corrected chi connectivity index (χ4v) is 5.56. The second-order valence-corrected chi connectivity index (χ2v) is 10.1. The van der Waals surface area contributed by atoms with Gasteiger partial charge in [0.05, 0.1) is 18.0 Å². The van der Waals surface area contributed by atoms with Gasteiger partial charge in [-0.25, -0.2) is 0 Å². The number of thioether (sulfide) groups is 1. The number of para-hydroxylation sites is 1. The molecule has 0 atom stereocenters. The van der Waals surface area contributed by atoms with Crippen LogP contribution in [0.15, 0.2) is 96.3 Å². The van der Waals surface area contributed by atoms with Crippen molar-refractivity contribution in [1.29, 1.82) is 0 Å². The average molecular weight is 549 g/mol. The molecule has 0 unspecified atom stereocenters. The van der Waals surface area contributed by atoms with Gasteiger partial charge in [0.25, 0.3) is 11.8 Å². The number of pyridine rings is 1. The summed E-state index contributed by atoms with van der Waals surface area (Å²) in [7, 11) is 0. The van der Waals surface area contributed by atoms with Crippen LogP contribution in [0.25, 0.3) is 16.5 Å². The standard InChI is InChI=1S/C30H24N6O3S/c37-26(32-18-21-10-4-5-16-31-21)19-40-30-34-33-25(36(30)22-11-2-1-3-12-22)15-17-35-28(38)23-13-6-8-20-9-7-14-24(27(20)23)29(35)39/h1-14,16H,15,17-19H2,(H,32,37). The van der Waals surface area contributed by atoms with E-state index in [1.165, 1.54) is 16.7 Å². The minimum absolute atomic E-state index is 0.141. The van der Waals surface area contributed by atoms with E-state index < -0.39 is 0 Å². The zero-order valence-electron chi connectivity index (χ0n) is 21.4. The molecule has 3 aromatic carbocycles. The Hall–Kier alpha value is -4.83. The van der Waals surface area contributed by atoms with E-state index >= 15 is 0 Å². The van der Waals surface area contributed by atoms with Crippen LogP contribution in [0.1, 0.15) is 32.2 Å². The number of amides is 3. The Morgan fingerprint density at radius 3 is 2.25 bits per heavy atom. The van der Waals surface area contributed by atoms with Crippen LogP contribution < -0.4 is 5.32 Å². The number of hydrogen-bond acceptors (Lipinski definition) is 7. The molecule has 6 rings (SSSR count). The number of imide groups is 1. The van der Waals surface area contributed by atoms with Gasteiger partial charge >= 0.3 is 0 Å². The molecule has 2 aromatic heterocycles. The molecular weight excluding hydrogens is 524 g/mol. The molecule has 0 bridgehead atoms. The van der Waals surface area contributed by atoms with Gasteiger partial charge in [0.2, 0.25) is 5.91 Å². The van der Waals surface area contributed by atoms with E-state index in [0.717, 1.165) is 16.8 Å². The minimum Gasteiger partial charge on any atom is -0.350 e. The summed E-state index contributed by atoms with van der Waals surface area (Å²) < 4.78 is 1.87. The van der Waals surface area contributed by atoms with Crippen molar-refractivity contribution in [3.05, 3.63) is 114 Å². The largest absolute Gasteiger partial charge is 0.350 e. The minimum atomic E-state index is -0.320. The number of nitrogens with one attached hydrogen (secondary N) is 1. The van der Waals surface area contributed by atoms with Crippen LogP contribution in [0.4, 0.5) is 0 Å². The fraction of sp³-hybridized carbons (Fsp3) is 0.133. The molecule has 9 nitrogen and oxygen atoms in total. The summed E-state index contributed by atoms with van der Waals surface area (Å²) in [4.78, 5) is 44.7. The molecule has 0 saturated heterocycles. The summed E-state index contributed by atoms with van der Waals surface area (Å²) in [6, 6.07) is 26.1. The highest BCUT2D eigenvalue weighted by atomic mass is 32.2. The molecule has 3 heterocycles. The van der Waals surface area contributed by atoms with Gasteiger partial charge in [-0.1, -0.05) is 60.3 Å². The first kappa shape index (κ1) is 25.4. The van der Waals surface area contributed by atoms with E-state index in [0.29, 0.717) is 40.5 Å². The normalized spacial score (nSPS) is 12.7. The lowest BCUT2D eigenvalue weighted by molar-refractivity contribution is -0.118. The van der Waals surface area contributed by atoms with Crippen molar-refractivity contribution < 1.29 is 14.4 Å². The predicted octanol–water partition coefficient (Wildman–Crippen LogP) is 4.06. The Labute approximate surface area is 234 Å². The summed E-state index contributed by atoms with van der Waals surface area (Å²) in [5.41, 5.74) is 2.64. The van der Waals surface area contributed by atoms with E-state index in [9.17, 15) is 14.4 Å². The lowest BCUT2D eigenvalue weighted by atomic mass is 9.94. The summed E-state index contributed by atoms with van der Waals surface area (Å²) in [5.74, 6) is -0.0715. The van der Waals surface area contributed by atoms with Crippen molar-refractivity contribution >= 4 is 40.3 Å². The van der Waals surface area contributed by atoms with Crippen molar-refractivity contribution in [3.63, 3.8) is 0 Å². The summed E-state index contributed by atoms with van der Waals surface area (Å²) >= 11 is 1.27. The Balaban J connectivity index is 1.20. The molecule has 40 heavy (non-hydrogen) atoms. The van der Waals surface area contributed by atoms with Gasteiger partial charge in [0.15, 0.2) is 5.16 Å². The Bertz CT molecular complexity index is 1670. The first-order valence-corrected chi connectivity index (χ1v) is 13.8. The molecule has 0 fully saturated rings. The van der Waals surface area contributed by atoms with Crippen molar-refractivity contribution in [2.75, 3.05) is 12.3 Å². The zero-order valence-corrected chi connectivity index (χ0v) is 22.2. The Morgan fingerprint density at radius 2 is 1.55 bits per heavy atom. The van der Waals surface area contributed by atoms with Crippen LogP contribution >= 0.6 is 11.8 Å². The number of benzene rings is 3. The van der Waals surface area contributed by atoms with Gasteiger partial charge in [0.1, 0.15) is 5.82 Å². The van der Waals surface area contributed by atoms with Crippen molar-refractivity contribution in [3.8, 4) is 5.69 Å². The van der Waals surface area contributed by atoms with E-state index in [4.69, 9.17) is 0 Å². The Morgan fingerprint density at radius 1 is 0.825 bits per heavy atom. The molecule has 10 heteroatoms. The van der Waals surface area contributed by atoms with Crippen LogP contribution in [-0.4, -0.2) is 54.7 Å². The second-order valence-electron chi connectivity index (χ2n) is 9.18. The van der Waals surface area contributed by atoms with Gasteiger partial charge in [-0.3, -0.25) is 28.8 Å². The number of carbonyl (C=O) groups is 3. The van der Waals surface area contributed by atoms with Crippen molar-refractivity contribution in [1.82, 2.24) is 30.0 Å². The lowest BCUT2D eigenvalue weighted by Crippen LogP contribution is -2.41. The van der Waals surface area contributed by atoms with Crippen LogP contribution in [0.5, 0.6) is 0 Å². The highest BCUT2D eigenvalue weighted by Gasteiger charge is 2.32. The molecule has 198 valence electrons. The maximum atomic E-state index is 13.3. The van der Waals surface area contributed by atoms with Gasteiger partial charge in [0, 0.05) is 41.4 Å². The summed E-state index contributed by atoms with van der Waals surface area (Å²) in [5, 5.41) is 13.7. The fourth-order valence-electron chi connectivity index (χ4n) is 4.76. The first-order valence-electron chi connectivity index (χ1n) is 12.8. The summed E-state index contributed by atoms with van der Waals surface area (Å²) in [6.07, 6.45) is 1.98. The Kier molecular flexibility index (Phi) is 7.07. The smallest absolute Gasteiger partial charge is 0.261 e. The van der Waals surface area contributed by atoms with Crippen molar-refractivity contribution in [2.24, 2.45) is 0 Å². The van der Waals surface area contributed by atoms with Crippen LogP contribution in [0.3, 0.4) is 0 Å². The molecule has 0 spiro atoms. The first-order chi connectivity index (χ1) is 19.6. The molecular formula is C30H24N6O3S. The van der Waals surface area contributed by atoms with Crippen LogP contribution in [0, 0.1) is 0 Å². The quantitative estimate of drug-likeness (QED) is 0.218. The molecule has 5 aromatic rings. The topological polar surface area (TPSA) is 110 Å². The third-order valence-corrected chi connectivity index (χ3v) is 7.58. The lowest BCUT2D eigenvalue weighted by Gasteiger charge is -2.27. The van der Waals surface area contributed by atoms with E-state index in [-0.39, 0.29) is 30.0 Å². The number of carbonyl (C=O) groups excluding carboxylic acids is 3. The van der Waals surface area contributed by atoms with Gasteiger partial charge < -0.3 is 5.32 Å². The molecule has 0 aliphatic carbocycles. The van der Waals surface area contributed by atoms with E-state index in [2.05, 4.69) is 20.5 Å². The molecule has 0 radical (unpaired) electrons. The van der Waals surface area contributed by atoms with Crippen molar-refractivity contribution in [2.45, 2.75) is 18.1 Å². The molecule has 1 aliphatic heterocycles. The zero-order chi connectivity index (χ0) is 27.5.